The maximum absolute atomic E-state index is 13.4. The van der Waals surface area contributed by atoms with Crippen molar-refractivity contribution in [3.05, 3.63) is 83.3 Å². The van der Waals surface area contributed by atoms with Crippen LogP contribution in [0.25, 0.3) is 10.9 Å². The van der Waals surface area contributed by atoms with Crippen molar-refractivity contribution in [1.29, 1.82) is 0 Å². The first-order valence-electron chi connectivity index (χ1n) is 12.7. The molecule has 1 N–H and O–H groups in total. The largest absolute Gasteiger partial charge is 0.381 e. The maximum atomic E-state index is 13.4. The number of aryl methyl sites for hydroxylation is 1. The molecule has 10 heteroatoms. The second kappa shape index (κ2) is 9.21. The fourth-order valence-corrected chi connectivity index (χ4v) is 6.60. The number of carbonyl (C=O) groups is 2. The highest BCUT2D eigenvalue weighted by Crippen LogP contribution is 2.44. The second-order valence-corrected chi connectivity index (χ2v) is 11.8. The van der Waals surface area contributed by atoms with Gasteiger partial charge in [0.25, 0.3) is 15.9 Å². The first-order valence-corrected chi connectivity index (χ1v) is 14.1. The minimum atomic E-state index is -3.80. The van der Waals surface area contributed by atoms with Gasteiger partial charge >= 0.3 is 0 Å². The minimum Gasteiger partial charge on any atom is -0.381 e. The third-order valence-corrected chi connectivity index (χ3v) is 9.26. The van der Waals surface area contributed by atoms with Gasteiger partial charge in [0.2, 0.25) is 0 Å². The number of benzene rings is 2. The van der Waals surface area contributed by atoms with E-state index in [9.17, 15) is 18.0 Å². The van der Waals surface area contributed by atoms with Crippen molar-refractivity contribution in [1.82, 2.24) is 19.1 Å². The topological polar surface area (TPSA) is 112 Å². The molecule has 1 aliphatic heterocycles. The Balaban J connectivity index is 1.34. The van der Waals surface area contributed by atoms with Crippen molar-refractivity contribution in [3.8, 4) is 0 Å². The standard InChI is InChI=1S/C28H28N4O5S/c1-3-26(33)23-13-25(28(34)29-27-21-15-37-16-22(21)27)31(30-23)14-18-5-4-6-24-20(18)11-12-32(24)38(35,36)19-9-7-17(2)8-10-19/h4-13,21-22,27H,3,14-16H2,1-2H3,(H,29,34)/t21-,22+,27?. The first kappa shape index (κ1) is 24.6. The van der Waals surface area contributed by atoms with Crippen LogP contribution in [0.15, 0.2) is 65.7 Å². The van der Waals surface area contributed by atoms with Crippen LogP contribution >= 0.6 is 0 Å². The van der Waals surface area contributed by atoms with Gasteiger partial charge in [-0.1, -0.05) is 36.8 Å². The van der Waals surface area contributed by atoms with Gasteiger partial charge in [0.15, 0.2) is 5.78 Å². The highest BCUT2D eigenvalue weighted by Gasteiger charge is 2.55. The summed E-state index contributed by atoms with van der Waals surface area (Å²) in [7, 11) is -3.80. The normalized spacial score (nSPS) is 20.4. The Morgan fingerprint density at radius 2 is 1.82 bits per heavy atom. The molecule has 4 aromatic rings. The van der Waals surface area contributed by atoms with Crippen LogP contribution in [0.5, 0.6) is 0 Å². The molecule has 6 rings (SSSR count). The van der Waals surface area contributed by atoms with Crippen molar-refractivity contribution >= 4 is 32.6 Å². The molecule has 1 amide bonds. The van der Waals surface area contributed by atoms with Gasteiger partial charge in [-0.2, -0.15) is 5.10 Å². The number of hydrogen-bond acceptors (Lipinski definition) is 6. The Kier molecular flexibility index (Phi) is 5.96. The van der Waals surface area contributed by atoms with Crippen molar-refractivity contribution in [3.63, 3.8) is 0 Å². The number of amides is 1. The summed E-state index contributed by atoms with van der Waals surface area (Å²) >= 11 is 0. The van der Waals surface area contributed by atoms with E-state index in [2.05, 4.69) is 10.4 Å². The average Bonchev–Trinajstić information content (AvgIpc) is 3.39. The molecule has 1 aliphatic carbocycles. The Bertz CT molecular complexity index is 1660. The summed E-state index contributed by atoms with van der Waals surface area (Å²) in [5.41, 5.74) is 2.82. The van der Waals surface area contributed by atoms with Gasteiger partial charge < -0.3 is 10.1 Å². The fourth-order valence-electron chi connectivity index (χ4n) is 5.26. The number of fused-ring (bicyclic) bond motifs is 2. The van der Waals surface area contributed by atoms with Crippen LogP contribution in [0, 0.1) is 18.8 Å². The van der Waals surface area contributed by atoms with Crippen LogP contribution < -0.4 is 5.32 Å². The molecule has 2 fully saturated rings. The molecule has 3 atom stereocenters. The van der Waals surface area contributed by atoms with Crippen LogP contribution in [-0.2, 0) is 21.3 Å². The average molecular weight is 533 g/mol. The molecule has 0 spiro atoms. The first-order chi connectivity index (χ1) is 18.3. The monoisotopic (exact) mass is 532 g/mol. The number of aromatic nitrogens is 3. The lowest BCUT2D eigenvalue weighted by molar-refractivity contribution is 0.0917. The summed E-state index contributed by atoms with van der Waals surface area (Å²) in [6, 6.07) is 15.5. The zero-order valence-corrected chi connectivity index (χ0v) is 21.9. The van der Waals surface area contributed by atoms with E-state index in [1.165, 1.54) is 8.65 Å². The minimum absolute atomic E-state index is 0.0781. The molecule has 2 aromatic carbocycles. The third-order valence-electron chi connectivity index (χ3n) is 7.55. The number of carbonyl (C=O) groups excluding carboxylic acids is 2. The maximum Gasteiger partial charge on any atom is 0.269 e. The predicted octanol–water partition coefficient (Wildman–Crippen LogP) is 3.40. The van der Waals surface area contributed by atoms with Gasteiger partial charge in [0.1, 0.15) is 11.4 Å². The van der Waals surface area contributed by atoms with E-state index in [1.54, 1.807) is 61.7 Å². The van der Waals surface area contributed by atoms with Crippen LogP contribution in [0.4, 0.5) is 0 Å². The third kappa shape index (κ3) is 4.13. The summed E-state index contributed by atoms with van der Waals surface area (Å²) in [5.74, 6) is 0.258. The van der Waals surface area contributed by atoms with E-state index >= 15 is 0 Å². The summed E-state index contributed by atoms with van der Waals surface area (Å²) in [6.45, 7) is 5.16. The lowest BCUT2D eigenvalue weighted by Gasteiger charge is -2.11. The highest BCUT2D eigenvalue weighted by molar-refractivity contribution is 7.90. The van der Waals surface area contributed by atoms with E-state index in [0.29, 0.717) is 36.3 Å². The predicted molar refractivity (Wildman–Crippen MR) is 141 cm³/mol. The molecule has 38 heavy (non-hydrogen) atoms. The van der Waals surface area contributed by atoms with Crippen LogP contribution in [-0.4, -0.2) is 53.1 Å². The summed E-state index contributed by atoms with van der Waals surface area (Å²) < 4.78 is 35.0. The fraction of sp³-hybridized carbons (Fsp3) is 0.321. The van der Waals surface area contributed by atoms with Crippen LogP contribution in [0.2, 0.25) is 0 Å². The molecule has 196 valence electrons. The van der Waals surface area contributed by atoms with Gasteiger partial charge in [-0.05, 0) is 36.8 Å². The van der Waals surface area contributed by atoms with Crippen molar-refractivity contribution in [2.45, 2.75) is 37.8 Å². The summed E-state index contributed by atoms with van der Waals surface area (Å²) in [4.78, 5) is 25.9. The van der Waals surface area contributed by atoms with E-state index in [1.807, 2.05) is 13.0 Å². The smallest absolute Gasteiger partial charge is 0.269 e. The molecule has 0 bridgehead atoms. The van der Waals surface area contributed by atoms with E-state index < -0.39 is 10.0 Å². The van der Waals surface area contributed by atoms with E-state index in [-0.39, 0.29) is 41.3 Å². The Hall–Kier alpha value is -3.76. The molecule has 0 radical (unpaired) electrons. The van der Waals surface area contributed by atoms with Crippen molar-refractivity contribution in [2.24, 2.45) is 11.8 Å². The molecule has 2 aliphatic rings. The summed E-state index contributed by atoms with van der Waals surface area (Å²) in [6.07, 6.45) is 1.82. The number of rotatable bonds is 8. The van der Waals surface area contributed by atoms with Gasteiger partial charge in [-0.25, -0.2) is 12.4 Å². The van der Waals surface area contributed by atoms with Crippen LogP contribution in [0.1, 0.15) is 45.4 Å². The number of ether oxygens (including phenoxy) is 1. The van der Waals surface area contributed by atoms with Gasteiger partial charge in [0.05, 0.1) is 30.2 Å². The van der Waals surface area contributed by atoms with E-state index in [4.69, 9.17) is 4.74 Å². The van der Waals surface area contributed by atoms with Crippen molar-refractivity contribution in [2.75, 3.05) is 13.2 Å². The number of hydrogen-bond donors (Lipinski definition) is 1. The lowest BCUT2D eigenvalue weighted by atomic mass is 10.1. The SMILES string of the molecule is CCC(=O)c1cc(C(=O)NC2[C@H]3COC[C@@H]23)n(Cc2cccc3c2ccn3S(=O)(=O)c2ccc(C)cc2)n1. The number of Topliss-reactive ketones (excluding diaryl/α,β-unsaturated/α-hetero) is 1. The van der Waals surface area contributed by atoms with Gasteiger partial charge in [-0.15, -0.1) is 0 Å². The quantitative estimate of drug-likeness (QED) is 0.348. The molecule has 1 saturated heterocycles. The number of ketones is 1. The number of nitrogens with one attached hydrogen (secondary N) is 1. The molecular weight excluding hydrogens is 504 g/mol. The van der Waals surface area contributed by atoms with Crippen LogP contribution in [0.3, 0.4) is 0 Å². The second-order valence-electron chi connectivity index (χ2n) is 9.99. The van der Waals surface area contributed by atoms with Crippen molar-refractivity contribution < 1.29 is 22.7 Å². The summed E-state index contributed by atoms with van der Waals surface area (Å²) in [5, 5.41) is 8.27. The zero-order chi connectivity index (χ0) is 26.6. The molecule has 1 saturated carbocycles. The highest BCUT2D eigenvalue weighted by atomic mass is 32.2. The number of nitrogens with zero attached hydrogens (tertiary/aromatic N) is 3. The van der Waals surface area contributed by atoms with Gasteiger partial charge in [0, 0.05) is 41.9 Å². The molecule has 3 heterocycles. The van der Waals surface area contributed by atoms with E-state index in [0.717, 1.165) is 16.5 Å². The molecular formula is C28H28N4O5S. The van der Waals surface area contributed by atoms with Gasteiger partial charge in [-0.3, -0.25) is 14.3 Å². The zero-order valence-electron chi connectivity index (χ0n) is 21.1. The Morgan fingerprint density at radius 3 is 2.53 bits per heavy atom. The molecule has 9 nitrogen and oxygen atoms in total. The molecule has 2 aromatic heterocycles. The Labute approximate surface area is 220 Å². The lowest BCUT2D eigenvalue weighted by Crippen LogP contribution is -2.31. The molecule has 1 unspecified atom stereocenters. The Morgan fingerprint density at radius 1 is 1.08 bits per heavy atom.